The molecule has 1 aromatic heterocycles. The lowest BCUT2D eigenvalue weighted by molar-refractivity contribution is 0.602. The number of aromatic amines is 1. The summed E-state index contributed by atoms with van der Waals surface area (Å²) in [5.74, 6) is 0.183. The van der Waals surface area contributed by atoms with Crippen molar-refractivity contribution in [2.24, 2.45) is 5.73 Å². The third-order valence-electron chi connectivity index (χ3n) is 1.54. The second-order valence-electron chi connectivity index (χ2n) is 2.53. The van der Waals surface area contributed by atoms with Gasteiger partial charge in [0.2, 0.25) is 10.0 Å². The van der Waals surface area contributed by atoms with Crippen molar-refractivity contribution in [3.63, 3.8) is 0 Å². The van der Waals surface area contributed by atoms with Crippen LogP contribution in [0.25, 0.3) is 0 Å². The number of H-pyrrole nitrogens is 1. The van der Waals surface area contributed by atoms with Gasteiger partial charge in [-0.25, -0.2) is 8.42 Å². The van der Waals surface area contributed by atoms with Gasteiger partial charge in [-0.05, 0) is 6.92 Å². The van der Waals surface area contributed by atoms with E-state index in [1.54, 1.807) is 0 Å². The van der Waals surface area contributed by atoms with E-state index in [1.165, 1.54) is 13.1 Å². The molecule has 0 unspecified atom stereocenters. The molecule has 0 atom stereocenters. The molecule has 0 aromatic carbocycles. The van der Waals surface area contributed by atoms with Gasteiger partial charge in [0.15, 0.2) is 0 Å². The largest absolute Gasteiger partial charge is 0.389 e. The lowest BCUT2D eigenvalue weighted by Crippen LogP contribution is -2.18. The number of hydrogen-bond acceptors (Lipinski definition) is 4. The van der Waals surface area contributed by atoms with Crippen LogP contribution >= 0.6 is 12.2 Å². The molecule has 0 fully saturated rings. The average Bonchev–Trinajstić information content (AvgIpc) is 2.51. The third kappa shape index (κ3) is 2.42. The maximum atomic E-state index is 11.2. The van der Waals surface area contributed by atoms with Gasteiger partial charge < -0.3 is 5.73 Å². The summed E-state index contributed by atoms with van der Waals surface area (Å²) in [5.41, 5.74) is 5.74. The first kappa shape index (κ1) is 10.9. The topological polar surface area (TPSA) is 101 Å². The Kier molecular flexibility index (Phi) is 3.06. The second-order valence-corrected chi connectivity index (χ2v) is 4.98. The number of aromatic nitrogens is 2. The van der Waals surface area contributed by atoms with Crippen LogP contribution in [-0.4, -0.2) is 29.4 Å². The van der Waals surface area contributed by atoms with Crippen LogP contribution in [0.5, 0.6) is 0 Å². The normalized spacial score (nSPS) is 11.2. The molecular weight excluding hydrogens is 224 g/mol. The highest BCUT2D eigenvalue weighted by molar-refractivity contribution is 7.92. The smallest absolute Gasteiger partial charge is 0.233 e. The first-order valence-corrected chi connectivity index (χ1v) is 5.86. The quantitative estimate of drug-likeness (QED) is 0.627. The number of thiocarbonyl (C=S) groups is 1. The summed E-state index contributed by atoms with van der Waals surface area (Å²) >= 11 is 4.71. The molecule has 14 heavy (non-hydrogen) atoms. The number of nitrogens with one attached hydrogen (secondary N) is 2. The standard InChI is InChI=1S/C6H10N4O2S2/c1-2-14(11,12)10-6-4(5(7)13)3-8-9-6/h3H,2H2,1H3,(H2,7,13)(H2,8,9,10). The fourth-order valence-corrected chi connectivity index (χ4v) is 1.54. The van der Waals surface area contributed by atoms with Crippen molar-refractivity contribution in [2.75, 3.05) is 10.5 Å². The maximum absolute atomic E-state index is 11.2. The summed E-state index contributed by atoms with van der Waals surface area (Å²) in [7, 11) is -3.33. The Morgan fingerprint density at radius 2 is 2.43 bits per heavy atom. The summed E-state index contributed by atoms with van der Waals surface area (Å²) in [6.45, 7) is 1.53. The fourth-order valence-electron chi connectivity index (χ4n) is 0.778. The molecule has 1 rings (SSSR count). The predicted octanol–water partition coefficient (Wildman–Crippen LogP) is -0.195. The van der Waals surface area contributed by atoms with Crippen molar-refractivity contribution in [1.82, 2.24) is 10.2 Å². The highest BCUT2D eigenvalue weighted by atomic mass is 32.2. The molecule has 0 bridgehead atoms. The Morgan fingerprint density at radius 1 is 1.79 bits per heavy atom. The molecule has 1 heterocycles. The molecule has 0 aliphatic carbocycles. The van der Waals surface area contributed by atoms with Gasteiger partial charge in [0, 0.05) is 0 Å². The van der Waals surface area contributed by atoms with E-state index in [4.69, 9.17) is 18.0 Å². The van der Waals surface area contributed by atoms with Crippen molar-refractivity contribution >= 4 is 33.0 Å². The number of sulfonamides is 1. The summed E-state index contributed by atoms with van der Waals surface area (Å²) < 4.78 is 24.7. The molecule has 0 radical (unpaired) electrons. The van der Waals surface area contributed by atoms with E-state index in [2.05, 4.69) is 14.9 Å². The molecule has 0 aliphatic rings. The summed E-state index contributed by atoms with van der Waals surface area (Å²) in [6, 6.07) is 0. The van der Waals surface area contributed by atoms with Gasteiger partial charge in [-0.3, -0.25) is 9.82 Å². The van der Waals surface area contributed by atoms with E-state index < -0.39 is 10.0 Å². The molecule has 1 aromatic rings. The van der Waals surface area contributed by atoms with Crippen LogP contribution in [0.3, 0.4) is 0 Å². The minimum absolute atomic E-state index is 0.0250. The van der Waals surface area contributed by atoms with Crippen LogP contribution in [0.15, 0.2) is 6.20 Å². The van der Waals surface area contributed by atoms with Crippen molar-refractivity contribution < 1.29 is 8.42 Å². The summed E-state index contributed by atoms with van der Waals surface area (Å²) in [4.78, 5) is 0.0903. The molecule has 0 saturated heterocycles. The maximum Gasteiger partial charge on any atom is 0.233 e. The molecule has 4 N–H and O–H groups in total. The third-order valence-corrected chi connectivity index (χ3v) is 3.04. The van der Waals surface area contributed by atoms with Gasteiger partial charge >= 0.3 is 0 Å². The molecule has 8 heteroatoms. The first-order valence-electron chi connectivity index (χ1n) is 3.80. The Balaban J connectivity index is 2.98. The number of nitrogens with zero attached hydrogens (tertiary/aromatic N) is 1. The second kappa shape index (κ2) is 3.93. The molecule has 0 spiro atoms. The Labute approximate surface area is 86.9 Å². The lowest BCUT2D eigenvalue weighted by Gasteiger charge is -2.04. The van der Waals surface area contributed by atoms with E-state index >= 15 is 0 Å². The van der Waals surface area contributed by atoms with Crippen molar-refractivity contribution in [2.45, 2.75) is 6.92 Å². The Bertz CT molecular complexity index is 436. The number of anilines is 1. The van der Waals surface area contributed by atoms with Gasteiger partial charge in [-0.2, -0.15) is 5.10 Å². The van der Waals surface area contributed by atoms with Gasteiger partial charge in [0.25, 0.3) is 0 Å². The zero-order valence-electron chi connectivity index (χ0n) is 7.44. The highest BCUT2D eigenvalue weighted by Crippen LogP contribution is 2.12. The predicted molar refractivity (Wildman–Crippen MR) is 57.6 cm³/mol. The molecule has 0 aliphatic heterocycles. The molecule has 78 valence electrons. The van der Waals surface area contributed by atoms with Crippen LogP contribution < -0.4 is 10.5 Å². The van der Waals surface area contributed by atoms with Crippen LogP contribution in [0.1, 0.15) is 12.5 Å². The van der Waals surface area contributed by atoms with E-state index in [-0.39, 0.29) is 16.6 Å². The highest BCUT2D eigenvalue weighted by Gasteiger charge is 2.13. The fraction of sp³-hybridized carbons (Fsp3) is 0.333. The van der Waals surface area contributed by atoms with Gasteiger partial charge in [-0.1, -0.05) is 12.2 Å². The number of nitrogens with two attached hydrogens (primary N) is 1. The first-order chi connectivity index (χ1) is 6.46. The van der Waals surface area contributed by atoms with E-state index in [1.807, 2.05) is 0 Å². The minimum Gasteiger partial charge on any atom is -0.389 e. The van der Waals surface area contributed by atoms with Gasteiger partial charge in [-0.15, -0.1) is 0 Å². The molecule has 0 saturated carbocycles. The van der Waals surface area contributed by atoms with Crippen LogP contribution in [0, 0.1) is 0 Å². The molecular formula is C6H10N4O2S2. The Morgan fingerprint density at radius 3 is 2.93 bits per heavy atom. The SMILES string of the molecule is CCS(=O)(=O)Nc1[nH]ncc1C(N)=S. The van der Waals surface area contributed by atoms with E-state index in [9.17, 15) is 8.42 Å². The van der Waals surface area contributed by atoms with Crippen molar-refractivity contribution in [3.8, 4) is 0 Å². The minimum atomic E-state index is -3.33. The summed E-state index contributed by atoms with van der Waals surface area (Å²) in [6.07, 6.45) is 1.37. The average molecular weight is 234 g/mol. The summed E-state index contributed by atoms with van der Waals surface area (Å²) in [5, 5.41) is 6.11. The monoisotopic (exact) mass is 234 g/mol. The zero-order valence-corrected chi connectivity index (χ0v) is 9.08. The Hall–Kier alpha value is -1.15. The number of rotatable bonds is 4. The van der Waals surface area contributed by atoms with Crippen LogP contribution in [0.2, 0.25) is 0 Å². The van der Waals surface area contributed by atoms with E-state index in [0.717, 1.165) is 0 Å². The van der Waals surface area contributed by atoms with Crippen molar-refractivity contribution in [1.29, 1.82) is 0 Å². The van der Waals surface area contributed by atoms with Gasteiger partial charge in [0.1, 0.15) is 10.8 Å². The zero-order chi connectivity index (χ0) is 10.8. The lowest BCUT2D eigenvalue weighted by atomic mass is 10.3. The van der Waals surface area contributed by atoms with Crippen LogP contribution in [0.4, 0.5) is 5.82 Å². The van der Waals surface area contributed by atoms with Crippen molar-refractivity contribution in [3.05, 3.63) is 11.8 Å². The molecule has 0 amide bonds. The van der Waals surface area contributed by atoms with E-state index in [0.29, 0.717) is 5.56 Å². The van der Waals surface area contributed by atoms with Gasteiger partial charge in [0.05, 0.1) is 17.5 Å². The number of hydrogen-bond donors (Lipinski definition) is 3. The molecule has 6 nitrogen and oxygen atoms in total. The van der Waals surface area contributed by atoms with Crippen LogP contribution in [-0.2, 0) is 10.0 Å².